The number of carbonyl (C=O) groups excluding carboxylic acids is 1. The Kier molecular flexibility index (Phi) is 6.52. The van der Waals surface area contributed by atoms with Gasteiger partial charge in [-0.3, -0.25) is 9.69 Å². The molecule has 4 heteroatoms. The van der Waals surface area contributed by atoms with Crippen molar-refractivity contribution in [2.75, 3.05) is 40.3 Å². The van der Waals surface area contributed by atoms with Gasteiger partial charge in [0.05, 0.1) is 6.54 Å². The molecule has 1 amide bonds. The summed E-state index contributed by atoms with van der Waals surface area (Å²) in [5.41, 5.74) is 0. The maximum Gasteiger partial charge on any atom is 0.236 e. The van der Waals surface area contributed by atoms with Gasteiger partial charge in [0.15, 0.2) is 0 Å². The average molecular weight is 241 g/mol. The molecule has 0 aromatic heterocycles. The smallest absolute Gasteiger partial charge is 0.236 e. The Hall–Kier alpha value is -0.610. The molecule has 0 aromatic carbocycles. The molecule has 1 atom stereocenters. The third-order valence-corrected chi connectivity index (χ3v) is 3.72. The van der Waals surface area contributed by atoms with Crippen molar-refractivity contribution < 1.29 is 4.79 Å². The maximum absolute atomic E-state index is 11.9. The highest BCUT2D eigenvalue weighted by Gasteiger charge is 2.24. The van der Waals surface area contributed by atoms with Gasteiger partial charge in [-0.1, -0.05) is 6.42 Å². The third-order valence-electron chi connectivity index (χ3n) is 3.72. The molecule has 1 rings (SSSR count). The minimum absolute atomic E-state index is 0.254. The molecule has 0 radical (unpaired) electrons. The predicted octanol–water partition coefficient (Wildman–Crippen LogP) is 0.929. The molecule has 4 nitrogen and oxygen atoms in total. The van der Waals surface area contributed by atoms with Crippen molar-refractivity contribution in [3.8, 4) is 0 Å². The maximum atomic E-state index is 11.9. The molecule has 0 aromatic rings. The van der Waals surface area contributed by atoms with Crippen LogP contribution in [0.5, 0.6) is 0 Å². The molecule has 1 fully saturated rings. The Morgan fingerprint density at radius 3 is 2.88 bits per heavy atom. The van der Waals surface area contributed by atoms with Crippen LogP contribution in [0.4, 0.5) is 0 Å². The Morgan fingerprint density at radius 1 is 1.47 bits per heavy atom. The second-order valence-corrected chi connectivity index (χ2v) is 4.92. The molecule has 0 saturated carbocycles. The van der Waals surface area contributed by atoms with Gasteiger partial charge in [-0.05, 0) is 46.3 Å². The Bertz CT molecular complexity index is 233. The van der Waals surface area contributed by atoms with Crippen molar-refractivity contribution in [1.82, 2.24) is 15.1 Å². The topological polar surface area (TPSA) is 35.6 Å². The van der Waals surface area contributed by atoms with E-state index in [1.807, 2.05) is 25.9 Å². The summed E-state index contributed by atoms with van der Waals surface area (Å²) in [6.07, 6.45) is 4.94. The Balaban J connectivity index is 2.44. The molecule has 1 N–H and O–H groups in total. The number of amides is 1. The quantitative estimate of drug-likeness (QED) is 0.751. The van der Waals surface area contributed by atoms with Crippen molar-refractivity contribution in [2.45, 2.75) is 38.6 Å². The molecule has 100 valence electrons. The summed E-state index contributed by atoms with van der Waals surface area (Å²) in [5.74, 6) is 0.254. The summed E-state index contributed by atoms with van der Waals surface area (Å²) in [6, 6.07) is 0.588. The SMILES string of the molecule is CCN(C)C(=O)CN1CCCCC1CCNC. The second-order valence-electron chi connectivity index (χ2n) is 4.92. The minimum atomic E-state index is 0.254. The average Bonchev–Trinajstić information content (AvgIpc) is 2.36. The number of hydrogen-bond acceptors (Lipinski definition) is 3. The fraction of sp³-hybridized carbons (Fsp3) is 0.923. The molecule has 1 saturated heterocycles. The van der Waals surface area contributed by atoms with Crippen LogP contribution in [0.15, 0.2) is 0 Å². The molecular weight excluding hydrogens is 214 g/mol. The molecular formula is C13H27N3O. The number of rotatable bonds is 6. The number of likely N-dealkylation sites (N-methyl/N-ethyl adjacent to an activating group) is 1. The zero-order valence-corrected chi connectivity index (χ0v) is 11.5. The lowest BCUT2D eigenvalue weighted by atomic mass is 9.99. The van der Waals surface area contributed by atoms with Crippen molar-refractivity contribution in [2.24, 2.45) is 0 Å². The van der Waals surface area contributed by atoms with Gasteiger partial charge >= 0.3 is 0 Å². The van der Waals surface area contributed by atoms with Crippen LogP contribution in [0.3, 0.4) is 0 Å². The largest absolute Gasteiger partial charge is 0.345 e. The minimum Gasteiger partial charge on any atom is -0.345 e. The van der Waals surface area contributed by atoms with Crippen LogP contribution in [0.2, 0.25) is 0 Å². The van der Waals surface area contributed by atoms with Crippen LogP contribution in [0.25, 0.3) is 0 Å². The van der Waals surface area contributed by atoms with E-state index in [4.69, 9.17) is 0 Å². The van der Waals surface area contributed by atoms with Gasteiger partial charge in [0.1, 0.15) is 0 Å². The molecule has 0 aliphatic carbocycles. The first-order chi connectivity index (χ1) is 8.19. The first-order valence-electron chi connectivity index (χ1n) is 6.81. The number of likely N-dealkylation sites (tertiary alicyclic amines) is 1. The number of carbonyl (C=O) groups is 1. The van der Waals surface area contributed by atoms with Crippen molar-refractivity contribution in [3.05, 3.63) is 0 Å². The highest BCUT2D eigenvalue weighted by atomic mass is 16.2. The van der Waals surface area contributed by atoms with E-state index in [0.29, 0.717) is 12.6 Å². The van der Waals surface area contributed by atoms with Crippen LogP contribution >= 0.6 is 0 Å². The zero-order chi connectivity index (χ0) is 12.7. The highest BCUT2D eigenvalue weighted by molar-refractivity contribution is 5.77. The standard InChI is InChI=1S/C13H27N3O/c1-4-15(3)13(17)11-16-10-6-5-7-12(16)8-9-14-2/h12,14H,4-11H2,1-3H3. The van der Waals surface area contributed by atoms with Crippen LogP contribution < -0.4 is 5.32 Å². The second kappa shape index (κ2) is 7.67. The van der Waals surface area contributed by atoms with Crippen LogP contribution in [0.1, 0.15) is 32.6 Å². The van der Waals surface area contributed by atoms with E-state index in [9.17, 15) is 4.79 Å². The van der Waals surface area contributed by atoms with Gasteiger partial charge in [0, 0.05) is 19.6 Å². The highest BCUT2D eigenvalue weighted by Crippen LogP contribution is 2.19. The molecule has 1 heterocycles. The van der Waals surface area contributed by atoms with Crippen molar-refractivity contribution in [1.29, 1.82) is 0 Å². The van der Waals surface area contributed by atoms with E-state index in [0.717, 1.165) is 26.1 Å². The van der Waals surface area contributed by atoms with Gasteiger partial charge < -0.3 is 10.2 Å². The van der Waals surface area contributed by atoms with E-state index in [2.05, 4.69) is 10.2 Å². The Labute approximate surface area is 105 Å². The lowest BCUT2D eigenvalue weighted by Gasteiger charge is -2.36. The lowest BCUT2D eigenvalue weighted by molar-refractivity contribution is -0.131. The van der Waals surface area contributed by atoms with E-state index >= 15 is 0 Å². The first-order valence-corrected chi connectivity index (χ1v) is 6.81. The van der Waals surface area contributed by atoms with Crippen LogP contribution in [0, 0.1) is 0 Å². The van der Waals surface area contributed by atoms with Gasteiger partial charge in [0.25, 0.3) is 0 Å². The number of nitrogens with one attached hydrogen (secondary N) is 1. The van der Waals surface area contributed by atoms with Gasteiger partial charge in [0.2, 0.25) is 5.91 Å². The van der Waals surface area contributed by atoms with E-state index in [-0.39, 0.29) is 5.91 Å². The third kappa shape index (κ3) is 4.64. The van der Waals surface area contributed by atoms with Gasteiger partial charge in [-0.2, -0.15) is 0 Å². The summed E-state index contributed by atoms with van der Waals surface area (Å²) >= 11 is 0. The summed E-state index contributed by atoms with van der Waals surface area (Å²) in [7, 11) is 3.87. The summed E-state index contributed by atoms with van der Waals surface area (Å²) in [4.78, 5) is 16.1. The molecule has 0 bridgehead atoms. The van der Waals surface area contributed by atoms with Crippen LogP contribution in [-0.4, -0.2) is 62.0 Å². The van der Waals surface area contributed by atoms with Crippen molar-refractivity contribution in [3.63, 3.8) is 0 Å². The van der Waals surface area contributed by atoms with E-state index in [1.54, 1.807) is 0 Å². The van der Waals surface area contributed by atoms with Crippen LogP contribution in [-0.2, 0) is 4.79 Å². The fourth-order valence-electron chi connectivity index (χ4n) is 2.38. The molecule has 17 heavy (non-hydrogen) atoms. The van der Waals surface area contributed by atoms with E-state index in [1.165, 1.54) is 19.3 Å². The fourth-order valence-corrected chi connectivity index (χ4v) is 2.38. The predicted molar refractivity (Wildman–Crippen MR) is 71.1 cm³/mol. The van der Waals surface area contributed by atoms with E-state index < -0.39 is 0 Å². The first kappa shape index (κ1) is 14.5. The molecule has 1 aliphatic rings. The van der Waals surface area contributed by atoms with Crippen molar-refractivity contribution >= 4 is 5.91 Å². The molecule has 1 aliphatic heterocycles. The summed E-state index contributed by atoms with van der Waals surface area (Å²) in [6.45, 7) is 5.54. The molecule has 0 spiro atoms. The summed E-state index contributed by atoms with van der Waals surface area (Å²) < 4.78 is 0. The number of hydrogen-bond donors (Lipinski definition) is 1. The number of piperidine rings is 1. The summed E-state index contributed by atoms with van der Waals surface area (Å²) in [5, 5.41) is 3.20. The van der Waals surface area contributed by atoms with Gasteiger partial charge in [-0.25, -0.2) is 0 Å². The lowest BCUT2D eigenvalue weighted by Crippen LogP contribution is -2.46. The van der Waals surface area contributed by atoms with Gasteiger partial charge in [-0.15, -0.1) is 0 Å². The normalized spacial score (nSPS) is 21.5. The Morgan fingerprint density at radius 2 is 2.24 bits per heavy atom. The number of nitrogens with zero attached hydrogens (tertiary/aromatic N) is 2. The zero-order valence-electron chi connectivity index (χ0n) is 11.5. The molecule has 1 unspecified atom stereocenters. The monoisotopic (exact) mass is 241 g/mol.